The van der Waals surface area contributed by atoms with Gasteiger partial charge in [0.25, 0.3) is 5.56 Å². The van der Waals surface area contributed by atoms with E-state index in [-0.39, 0.29) is 27.5 Å². The van der Waals surface area contributed by atoms with Crippen LogP contribution in [-0.2, 0) is 6.54 Å². The normalized spacial score (nSPS) is 10.8. The molecular weight excluding hydrogens is 450 g/mol. The second-order valence-corrected chi connectivity index (χ2v) is 7.65. The van der Waals surface area contributed by atoms with Crippen molar-refractivity contribution >= 4 is 11.6 Å². The predicted octanol–water partition coefficient (Wildman–Crippen LogP) is 4.49. The van der Waals surface area contributed by atoms with Crippen molar-refractivity contribution in [2.24, 2.45) is 0 Å². The van der Waals surface area contributed by atoms with Crippen LogP contribution in [0, 0.1) is 29.9 Å². The molecule has 0 aliphatic heterocycles. The summed E-state index contributed by atoms with van der Waals surface area (Å²) in [6, 6.07) is 12.4. The maximum Gasteiger partial charge on any atom is 0.337 e. The largest absolute Gasteiger partial charge is 0.337 e. The molecule has 0 N–H and O–H groups in total. The Kier molecular flexibility index (Phi) is 5.90. The molecule has 0 amide bonds. The fourth-order valence-electron chi connectivity index (χ4n) is 3.58. The van der Waals surface area contributed by atoms with Crippen LogP contribution < -0.4 is 11.2 Å². The summed E-state index contributed by atoms with van der Waals surface area (Å²) in [5, 5.41) is 9.21. The molecule has 0 bridgehead atoms. The molecule has 0 aliphatic carbocycles. The number of nitriles is 1. The van der Waals surface area contributed by atoms with E-state index in [0.717, 1.165) is 15.2 Å². The summed E-state index contributed by atoms with van der Waals surface area (Å²) in [4.78, 5) is 31.2. The molecule has 9 heteroatoms. The standard InChI is InChI=1S/C24H15ClF2N4O2/c1-14-10-18(13-29-12-14)31-23(32)21(16-4-7-20(27)19(25)11-16)22(30(9-8-28)24(31)33)15-2-5-17(26)6-3-15/h2-7,10-13H,9H2,1H3. The molecule has 0 unspecified atom stereocenters. The van der Waals surface area contributed by atoms with E-state index >= 15 is 0 Å². The first-order valence-corrected chi connectivity index (χ1v) is 10.1. The lowest BCUT2D eigenvalue weighted by Crippen LogP contribution is -2.40. The van der Waals surface area contributed by atoms with Gasteiger partial charge in [-0.15, -0.1) is 0 Å². The minimum absolute atomic E-state index is 0.000126. The van der Waals surface area contributed by atoms with E-state index in [1.54, 1.807) is 19.2 Å². The minimum atomic E-state index is -0.773. The van der Waals surface area contributed by atoms with Gasteiger partial charge in [0.05, 0.1) is 34.2 Å². The molecule has 0 aliphatic rings. The summed E-state index contributed by atoms with van der Waals surface area (Å²) < 4.78 is 29.5. The number of hydrogen-bond acceptors (Lipinski definition) is 4. The van der Waals surface area contributed by atoms with Crippen LogP contribution in [0.3, 0.4) is 0 Å². The Morgan fingerprint density at radius 2 is 1.73 bits per heavy atom. The zero-order valence-corrected chi connectivity index (χ0v) is 18.0. The van der Waals surface area contributed by atoms with Gasteiger partial charge in [0.2, 0.25) is 0 Å². The van der Waals surface area contributed by atoms with Gasteiger partial charge in [-0.05, 0) is 66.1 Å². The molecule has 0 atom stereocenters. The van der Waals surface area contributed by atoms with E-state index in [1.807, 2.05) is 6.07 Å². The van der Waals surface area contributed by atoms with Gasteiger partial charge in [-0.2, -0.15) is 5.26 Å². The average Bonchev–Trinajstić information content (AvgIpc) is 2.78. The summed E-state index contributed by atoms with van der Waals surface area (Å²) in [5.74, 6) is -1.20. The van der Waals surface area contributed by atoms with Gasteiger partial charge < -0.3 is 0 Å². The molecule has 0 saturated carbocycles. The molecule has 4 aromatic rings. The van der Waals surface area contributed by atoms with Crippen molar-refractivity contribution in [1.29, 1.82) is 5.26 Å². The van der Waals surface area contributed by atoms with E-state index in [4.69, 9.17) is 11.6 Å². The van der Waals surface area contributed by atoms with Gasteiger partial charge in [0.15, 0.2) is 0 Å². The Morgan fingerprint density at radius 3 is 2.36 bits per heavy atom. The van der Waals surface area contributed by atoms with Gasteiger partial charge in [0, 0.05) is 6.20 Å². The number of aromatic nitrogens is 3. The second kappa shape index (κ2) is 8.81. The van der Waals surface area contributed by atoms with E-state index < -0.39 is 29.4 Å². The Balaban J connectivity index is 2.21. The van der Waals surface area contributed by atoms with Crippen molar-refractivity contribution in [3.05, 3.63) is 104 Å². The van der Waals surface area contributed by atoms with Gasteiger partial charge >= 0.3 is 5.69 Å². The van der Waals surface area contributed by atoms with Crippen LogP contribution in [0.5, 0.6) is 0 Å². The second-order valence-electron chi connectivity index (χ2n) is 7.25. The van der Waals surface area contributed by atoms with E-state index in [0.29, 0.717) is 11.1 Å². The Hall–Kier alpha value is -4.09. The molecule has 2 aromatic heterocycles. The highest BCUT2D eigenvalue weighted by Gasteiger charge is 2.23. The molecule has 0 fully saturated rings. The summed E-state index contributed by atoms with van der Waals surface area (Å²) in [6.07, 6.45) is 2.92. The summed E-state index contributed by atoms with van der Waals surface area (Å²) >= 11 is 5.98. The molecule has 0 radical (unpaired) electrons. The third kappa shape index (κ3) is 4.06. The third-order valence-corrected chi connectivity index (χ3v) is 5.31. The topological polar surface area (TPSA) is 80.7 Å². The minimum Gasteiger partial charge on any atom is -0.278 e. The average molecular weight is 465 g/mol. The number of pyridine rings is 1. The van der Waals surface area contributed by atoms with E-state index in [1.165, 1.54) is 42.6 Å². The first kappa shape index (κ1) is 22.1. The highest BCUT2D eigenvalue weighted by Crippen LogP contribution is 2.31. The predicted molar refractivity (Wildman–Crippen MR) is 120 cm³/mol. The highest BCUT2D eigenvalue weighted by atomic mass is 35.5. The fraction of sp³-hybridized carbons (Fsp3) is 0.0833. The van der Waals surface area contributed by atoms with Crippen molar-refractivity contribution in [2.75, 3.05) is 0 Å². The molecule has 0 spiro atoms. The number of hydrogen-bond donors (Lipinski definition) is 0. The zero-order valence-electron chi connectivity index (χ0n) is 17.2. The lowest BCUT2D eigenvalue weighted by Gasteiger charge is -2.19. The van der Waals surface area contributed by atoms with Crippen molar-refractivity contribution in [2.45, 2.75) is 13.5 Å². The number of rotatable bonds is 4. The summed E-state index contributed by atoms with van der Waals surface area (Å²) in [5.41, 5.74) is 0.0637. The molecule has 33 heavy (non-hydrogen) atoms. The Bertz CT molecular complexity index is 1540. The van der Waals surface area contributed by atoms with Gasteiger partial charge in [0.1, 0.15) is 18.2 Å². The lowest BCUT2D eigenvalue weighted by molar-refractivity contribution is 0.627. The number of aryl methyl sites for hydroxylation is 1. The fourth-order valence-corrected chi connectivity index (χ4v) is 3.76. The van der Waals surface area contributed by atoms with Crippen LogP contribution in [0.15, 0.2) is 70.5 Å². The third-order valence-electron chi connectivity index (χ3n) is 5.02. The van der Waals surface area contributed by atoms with Crippen molar-refractivity contribution < 1.29 is 8.78 Å². The van der Waals surface area contributed by atoms with Gasteiger partial charge in [-0.1, -0.05) is 17.7 Å². The number of halogens is 3. The molecule has 2 heterocycles. The summed E-state index contributed by atoms with van der Waals surface area (Å²) in [6.45, 7) is 1.36. The molecule has 6 nitrogen and oxygen atoms in total. The van der Waals surface area contributed by atoms with E-state index in [2.05, 4.69) is 4.98 Å². The lowest BCUT2D eigenvalue weighted by atomic mass is 9.99. The quantitative estimate of drug-likeness (QED) is 0.445. The number of nitrogens with zero attached hydrogens (tertiary/aromatic N) is 4. The molecule has 2 aromatic carbocycles. The van der Waals surface area contributed by atoms with Crippen LogP contribution in [0.25, 0.3) is 28.1 Å². The van der Waals surface area contributed by atoms with Crippen LogP contribution in [0.1, 0.15) is 5.56 Å². The SMILES string of the molecule is Cc1cncc(-n2c(=O)c(-c3ccc(F)c(Cl)c3)c(-c3ccc(F)cc3)n(CC#N)c2=O)c1. The van der Waals surface area contributed by atoms with Crippen LogP contribution in [-0.4, -0.2) is 14.1 Å². The van der Waals surface area contributed by atoms with Crippen molar-refractivity contribution in [3.63, 3.8) is 0 Å². The van der Waals surface area contributed by atoms with Crippen molar-refractivity contribution in [1.82, 2.24) is 14.1 Å². The summed E-state index contributed by atoms with van der Waals surface area (Å²) in [7, 11) is 0. The highest BCUT2D eigenvalue weighted by molar-refractivity contribution is 6.31. The van der Waals surface area contributed by atoms with Crippen LogP contribution in [0.4, 0.5) is 8.78 Å². The maximum absolute atomic E-state index is 13.9. The van der Waals surface area contributed by atoms with Crippen molar-refractivity contribution in [3.8, 4) is 34.1 Å². The van der Waals surface area contributed by atoms with Crippen LogP contribution >= 0.6 is 11.6 Å². The Morgan fingerprint density at radius 1 is 1.03 bits per heavy atom. The first-order chi connectivity index (χ1) is 15.8. The van der Waals surface area contributed by atoms with Gasteiger partial charge in [-0.25, -0.2) is 18.1 Å². The van der Waals surface area contributed by atoms with Gasteiger partial charge in [-0.3, -0.25) is 14.3 Å². The molecule has 4 rings (SSSR count). The zero-order chi connectivity index (χ0) is 23.7. The van der Waals surface area contributed by atoms with Crippen LogP contribution in [0.2, 0.25) is 5.02 Å². The first-order valence-electron chi connectivity index (χ1n) is 9.72. The molecular formula is C24H15ClF2N4O2. The monoisotopic (exact) mass is 464 g/mol. The van der Waals surface area contributed by atoms with E-state index in [9.17, 15) is 23.6 Å². The molecule has 164 valence electrons. The Labute approximate surface area is 191 Å². The number of benzene rings is 2. The molecule has 0 saturated heterocycles. The maximum atomic E-state index is 13.9. The smallest absolute Gasteiger partial charge is 0.278 e.